The Morgan fingerprint density at radius 2 is 0.929 bits per heavy atom. The summed E-state index contributed by atoms with van der Waals surface area (Å²) in [4.78, 5) is 11.4. The summed E-state index contributed by atoms with van der Waals surface area (Å²) in [5.74, 6) is 1.33. The van der Waals surface area contributed by atoms with Gasteiger partial charge in [-0.3, -0.25) is 4.57 Å². The summed E-state index contributed by atoms with van der Waals surface area (Å²) in [6.07, 6.45) is 0. The largest absolute Gasteiger partial charge is 0.455 e. The number of furan rings is 1. The topological polar surface area (TPSA) is 48.8 Å². The van der Waals surface area contributed by atoms with Gasteiger partial charge in [-0.15, -0.1) is 0 Å². The minimum absolute atomic E-state index is 0.576. The average Bonchev–Trinajstić information content (AvgIpc) is 2.68. The maximum Gasteiger partial charge on any atom is 0.165 e. The third kappa shape index (κ3) is 6.60. The van der Waals surface area contributed by atoms with Gasteiger partial charge in [0.05, 0.1) is 38.7 Å². The van der Waals surface area contributed by atoms with Crippen LogP contribution in [0, 0.1) is 0 Å². The van der Waals surface area contributed by atoms with E-state index in [2.05, 4.69) is 288 Å². The number of fused-ring (bicyclic) bond motifs is 16. The van der Waals surface area contributed by atoms with Crippen LogP contribution >= 0.6 is 0 Å². The molecule has 5 nitrogen and oxygen atoms in total. The van der Waals surface area contributed by atoms with Crippen molar-refractivity contribution in [3.63, 3.8) is 0 Å². The normalized spacial score (nSPS) is 12.9. The molecule has 1 aliphatic rings. The first-order valence-corrected chi connectivity index (χ1v) is 28.8. The highest BCUT2D eigenvalue weighted by Gasteiger charge is 2.46. The lowest BCUT2D eigenvalue weighted by molar-refractivity contribution is 0.669. The van der Waals surface area contributed by atoms with E-state index in [-0.39, 0.29) is 0 Å². The molecule has 4 heterocycles. The van der Waals surface area contributed by atoms with Crippen LogP contribution in [0.3, 0.4) is 0 Å². The molecule has 0 spiro atoms. The third-order valence-electron chi connectivity index (χ3n) is 18.0. The van der Waals surface area contributed by atoms with Gasteiger partial charge in [0.25, 0.3) is 0 Å². The van der Waals surface area contributed by atoms with Gasteiger partial charge in [0.2, 0.25) is 0 Å². The number of benzene rings is 13. The van der Waals surface area contributed by atoms with Crippen molar-refractivity contribution in [2.45, 2.75) is 5.41 Å². The Labute approximate surface area is 483 Å². The van der Waals surface area contributed by atoms with Crippen LogP contribution in [0.15, 0.2) is 296 Å². The SMILES string of the molecule is c1ccc(C2(c3ccccc3)c3ccccc3-c3ccc(-c4cc(-n5c6ccccc6c6c5ccc5c7c8ccccc8ccc7n(-c7ccc(-c8cccc9ccccc89)cc7)c56)nc(-c5cccc6c5oc5ccccc56)n4)cc32)cc1. The Morgan fingerprint density at radius 3 is 1.75 bits per heavy atom. The van der Waals surface area contributed by atoms with E-state index in [1.165, 1.54) is 76.8 Å². The first-order chi connectivity index (χ1) is 41.7. The summed E-state index contributed by atoms with van der Waals surface area (Å²) < 4.78 is 11.7. The van der Waals surface area contributed by atoms with Crippen LogP contribution in [0.1, 0.15) is 22.3 Å². The first kappa shape index (κ1) is 46.6. The number of hydrogen-bond donors (Lipinski definition) is 0. The smallest absolute Gasteiger partial charge is 0.165 e. The van der Waals surface area contributed by atoms with E-state index in [1.807, 2.05) is 12.1 Å². The molecule has 4 aromatic heterocycles. The Kier molecular flexibility index (Phi) is 9.95. The van der Waals surface area contributed by atoms with E-state index in [0.29, 0.717) is 5.82 Å². The maximum atomic E-state index is 6.80. The van der Waals surface area contributed by atoms with Gasteiger partial charge in [-0.05, 0) is 115 Å². The van der Waals surface area contributed by atoms with Gasteiger partial charge >= 0.3 is 0 Å². The number of hydrogen-bond acceptors (Lipinski definition) is 3. The zero-order chi connectivity index (χ0) is 55.0. The third-order valence-corrected chi connectivity index (χ3v) is 18.0. The van der Waals surface area contributed by atoms with Crippen LogP contribution in [0.5, 0.6) is 0 Å². The van der Waals surface area contributed by atoms with E-state index < -0.39 is 5.41 Å². The molecular weight excluding hydrogens is 1020 g/mol. The van der Waals surface area contributed by atoms with Crippen molar-refractivity contribution in [2.75, 3.05) is 0 Å². The molecule has 18 rings (SSSR count). The van der Waals surface area contributed by atoms with Crippen molar-refractivity contribution in [3.8, 4) is 56.4 Å². The van der Waals surface area contributed by atoms with Gasteiger partial charge < -0.3 is 8.98 Å². The highest BCUT2D eigenvalue weighted by Crippen LogP contribution is 2.57. The molecule has 0 saturated heterocycles. The van der Waals surface area contributed by atoms with Gasteiger partial charge in [-0.25, -0.2) is 9.97 Å². The number of aromatic nitrogens is 4. The van der Waals surface area contributed by atoms with E-state index in [9.17, 15) is 0 Å². The quantitative estimate of drug-likeness (QED) is 0.160. The summed E-state index contributed by atoms with van der Waals surface area (Å²) in [5, 5.41) is 11.7. The standard InChI is InChI=1S/C79H48N4O/c1-3-22-53(23-4-1)79(54-24-5-2-6-25-54)66-34-14-11-28-59(66)60-43-39-52(47-67(60)79)68-48-73(81-78(80-68)65-33-18-32-62-61-29-13-16-36-72(61)84-77(62)65)83-69-35-15-12-30-63(69)75-71(83)46-44-64-74-58-27-10-8-20-50(58)40-45-70(74)82(76(64)75)55-41-37-51(38-42-55)57-31-17-21-49-19-7-9-26-56(49)57/h1-48H. The molecule has 0 atom stereocenters. The molecule has 1 aliphatic carbocycles. The minimum Gasteiger partial charge on any atom is -0.455 e. The predicted octanol–water partition coefficient (Wildman–Crippen LogP) is 20.2. The lowest BCUT2D eigenvalue weighted by Crippen LogP contribution is -2.28. The van der Waals surface area contributed by atoms with Crippen molar-refractivity contribution in [1.29, 1.82) is 0 Å². The van der Waals surface area contributed by atoms with Crippen LogP contribution in [0.25, 0.3) is 143 Å². The zero-order valence-electron chi connectivity index (χ0n) is 45.4. The highest BCUT2D eigenvalue weighted by molar-refractivity contribution is 6.30. The fraction of sp³-hybridized carbons (Fsp3) is 0.0127. The summed E-state index contributed by atoms with van der Waals surface area (Å²) in [6, 6.07) is 106. The van der Waals surface area contributed by atoms with Gasteiger partial charge in [0, 0.05) is 49.6 Å². The molecular formula is C79H48N4O. The molecule has 0 radical (unpaired) electrons. The molecule has 13 aromatic carbocycles. The first-order valence-electron chi connectivity index (χ1n) is 28.8. The van der Waals surface area contributed by atoms with E-state index in [4.69, 9.17) is 14.4 Å². The number of nitrogens with zero attached hydrogens (tertiary/aromatic N) is 4. The lowest BCUT2D eigenvalue weighted by Gasteiger charge is -2.34. The summed E-state index contributed by atoms with van der Waals surface area (Å²) in [7, 11) is 0. The molecule has 84 heavy (non-hydrogen) atoms. The molecule has 0 fully saturated rings. The van der Waals surface area contributed by atoms with Gasteiger partial charge in [-0.1, -0.05) is 237 Å². The van der Waals surface area contributed by atoms with Crippen molar-refractivity contribution < 1.29 is 4.42 Å². The fourth-order valence-electron chi connectivity index (χ4n) is 14.5. The van der Waals surface area contributed by atoms with Crippen LogP contribution in [0.2, 0.25) is 0 Å². The highest BCUT2D eigenvalue weighted by atomic mass is 16.3. The summed E-state index contributed by atoms with van der Waals surface area (Å²) in [6.45, 7) is 0. The molecule has 0 unspecified atom stereocenters. The Hall–Kier alpha value is -11.1. The van der Waals surface area contributed by atoms with E-state index in [1.54, 1.807) is 0 Å². The molecule has 17 aromatic rings. The van der Waals surface area contributed by atoms with Crippen LogP contribution in [-0.4, -0.2) is 19.1 Å². The average molecular weight is 1070 g/mol. The second-order valence-electron chi connectivity index (χ2n) is 22.3. The molecule has 5 heteroatoms. The Bertz CT molecular complexity index is 5510. The predicted molar refractivity (Wildman–Crippen MR) is 347 cm³/mol. The number of rotatable bonds is 7. The van der Waals surface area contributed by atoms with Crippen LogP contribution < -0.4 is 0 Å². The molecule has 0 bridgehead atoms. The van der Waals surface area contributed by atoms with Crippen molar-refractivity contribution in [3.05, 3.63) is 313 Å². The molecule has 0 aliphatic heterocycles. The lowest BCUT2D eigenvalue weighted by atomic mass is 9.67. The maximum absolute atomic E-state index is 6.80. The van der Waals surface area contributed by atoms with Crippen LogP contribution in [-0.2, 0) is 5.41 Å². The summed E-state index contributed by atoms with van der Waals surface area (Å²) >= 11 is 0. The molecule has 390 valence electrons. The number of para-hydroxylation sites is 3. The zero-order valence-corrected chi connectivity index (χ0v) is 45.4. The van der Waals surface area contributed by atoms with E-state index >= 15 is 0 Å². The van der Waals surface area contributed by atoms with Crippen molar-refractivity contribution >= 4 is 87.1 Å². The van der Waals surface area contributed by atoms with Gasteiger partial charge in [0.1, 0.15) is 17.0 Å². The van der Waals surface area contributed by atoms with E-state index in [0.717, 1.165) is 83.1 Å². The second kappa shape index (κ2) is 17.9. The van der Waals surface area contributed by atoms with Crippen molar-refractivity contribution in [1.82, 2.24) is 19.1 Å². The van der Waals surface area contributed by atoms with Crippen LogP contribution in [0.4, 0.5) is 0 Å². The second-order valence-corrected chi connectivity index (χ2v) is 22.3. The molecule has 0 amide bonds. The summed E-state index contributed by atoms with van der Waals surface area (Å²) in [5.41, 5.74) is 18.8. The van der Waals surface area contributed by atoms with Crippen molar-refractivity contribution in [2.24, 2.45) is 0 Å². The van der Waals surface area contributed by atoms with Gasteiger partial charge in [-0.2, -0.15) is 0 Å². The Balaban J connectivity index is 0.916. The molecule has 0 N–H and O–H groups in total. The Morgan fingerprint density at radius 1 is 0.333 bits per heavy atom. The monoisotopic (exact) mass is 1070 g/mol. The molecule has 0 saturated carbocycles. The fourth-order valence-corrected chi connectivity index (χ4v) is 14.5. The minimum atomic E-state index is -0.596. The van der Waals surface area contributed by atoms with Gasteiger partial charge in [0.15, 0.2) is 5.82 Å².